The van der Waals surface area contributed by atoms with Crippen LogP contribution in [0.3, 0.4) is 0 Å². The van der Waals surface area contributed by atoms with Gasteiger partial charge in [-0.1, -0.05) is 46.9 Å². The molecule has 0 radical (unpaired) electrons. The minimum Gasteiger partial charge on any atom is -0.478 e. The minimum atomic E-state index is -0.890. The summed E-state index contributed by atoms with van der Waals surface area (Å²) in [6.07, 6.45) is 1.72. The predicted octanol–water partition coefficient (Wildman–Crippen LogP) is 3.05. The molecule has 0 aliphatic rings. The molecule has 1 aromatic rings. The first-order valence-corrected chi connectivity index (χ1v) is 5.00. The molecule has 2 nitrogen and oxygen atoms in total. The van der Waals surface area contributed by atoms with Crippen molar-refractivity contribution in [2.24, 2.45) is 0 Å². The standard InChI is InChI=1S/C10H9IO2/c1-2-9(11)7-5-3-4-6-8(7)10(12)13/h2-6,9H,1H2,(H,12,13). The van der Waals surface area contributed by atoms with Crippen LogP contribution in [-0.2, 0) is 0 Å². The Morgan fingerprint density at radius 2 is 2.15 bits per heavy atom. The molecule has 0 heterocycles. The Morgan fingerprint density at radius 1 is 1.54 bits per heavy atom. The summed E-state index contributed by atoms with van der Waals surface area (Å²) < 4.78 is 0.0462. The van der Waals surface area contributed by atoms with Crippen LogP contribution in [0, 0.1) is 0 Å². The number of allylic oxidation sites excluding steroid dienone is 1. The van der Waals surface area contributed by atoms with Crippen LogP contribution < -0.4 is 0 Å². The fraction of sp³-hybridized carbons (Fsp3) is 0.100. The van der Waals surface area contributed by atoms with Crippen LogP contribution in [0.25, 0.3) is 0 Å². The third-order valence-corrected chi connectivity index (χ3v) is 2.87. The van der Waals surface area contributed by atoms with Crippen molar-refractivity contribution in [3.8, 4) is 0 Å². The normalized spacial score (nSPS) is 12.1. The molecular formula is C10H9IO2. The van der Waals surface area contributed by atoms with Crippen molar-refractivity contribution < 1.29 is 9.90 Å². The zero-order valence-electron chi connectivity index (χ0n) is 6.90. The second-order valence-corrected chi connectivity index (χ2v) is 3.87. The summed E-state index contributed by atoms with van der Waals surface area (Å²) in [7, 11) is 0. The highest BCUT2D eigenvalue weighted by Gasteiger charge is 2.12. The average Bonchev–Trinajstić information content (AvgIpc) is 2.16. The Morgan fingerprint density at radius 3 is 2.69 bits per heavy atom. The molecule has 1 N–H and O–H groups in total. The van der Waals surface area contributed by atoms with Gasteiger partial charge in [-0.15, -0.1) is 6.58 Å². The Labute approximate surface area is 90.4 Å². The average molecular weight is 288 g/mol. The summed E-state index contributed by atoms with van der Waals surface area (Å²) in [5.74, 6) is -0.890. The lowest BCUT2D eigenvalue weighted by Gasteiger charge is -2.07. The molecular weight excluding hydrogens is 279 g/mol. The van der Waals surface area contributed by atoms with E-state index >= 15 is 0 Å². The number of benzene rings is 1. The molecule has 0 saturated heterocycles. The number of hydrogen-bond acceptors (Lipinski definition) is 1. The van der Waals surface area contributed by atoms with Crippen molar-refractivity contribution >= 4 is 28.6 Å². The predicted molar refractivity (Wildman–Crippen MR) is 60.4 cm³/mol. The number of carbonyl (C=O) groups is 1. The lowest BCUT2D eigenvalue weighted by molar-refractivity contribution is 0.0696. The molecule has 0 fully saturated rings. The molecule has 1 aromatic carbocycles. The van der Waals surface area contributed by atoms with Crippen molar-refractivity contribution in [2.75, 3.05) is 0 Å². The van der Waals surface area contributed by atoms with Gasteiger partial charge in [0.2, 0.25) is 0 Å². The Bertz CT molecular complexity index is 333. The molecule has 0 aliphatic heterocycles. The summed E-state index contributed by atoms with van der Waals surface area (Å²) in [6, 6.07) is 6.96. The smallest absolute Gasteiger partial charge is 0.336 e. The van der Waals surface area contributed by atoms with Gasteiger partial charge in [-0.3, -0.25) is 0 Å². The zero-order valence-corrected chi connectivity index (χ0v) is 9.06. The van der Waals surface area contributed by atoms with Gasteiger partial charge in [-0.05, 0) is 11.6 Å². The van der Waals surface area contributed by atoms with Crippen molar-refractivity contribution in [3.63, 3.8) is 0 Å². The van der Waals surface area contributed by atoms with Crippen molar-refractivity contribution in [3.05, 3.63) is 48.0 Å². The first-order chi connectivity index (χ1) is 6.16. The van der Waals surface area contributed by atoms with Crippen LogP contribution in [-0.4, -0.2) is 11.1 Å². The van der Waals surface area contributed by atoms with E-state index in [0.29, 0.717) is 5.56 Å². The lowest BCUT2D eigenvalue weighted by atomic mass is 10.1. The molecule has 13 heavy (non-hydrogen) atoms. The molecule has 3 heteroatoms. The van der Waals surface area contributed by atoms with E-state index in [1.807, 2.05) is 12.1 Å². The highest BCUT2D eigenvalue weighted by molar-refractivity contribution is 14.1. The first kappa shape index (κ1) is 10.2. The SMILES string of the molecule is C=CC(I)c1ccccc1C(=O)O. The van der Waals surface area contributed by atoms with Gasteiger partial charge in [-0.2, -0.15) is 0 Å². The van der Waals surface area contributed by atoms with Crippen LogP contribution in [0.15, 0.2) is 36.9 Å². The summed E-state index contributed by atoms with van der Waals surface area (Å²) >= 11 is 2.15. The number of aromatic carboxylic acids is 1. The van der Waals surface area contributed by atoms with Crippen molar-refractivity contribution in [1.29, 1.82) is 0 Å². The van der Waals surface area contributed by atoms with Crippen LogP contribution >= 0.6 is 22.6 Å². The number of alkyl halides is 1. The van der Waals surface area contributed by atoms with Crippen molar-refractivity contribution in [2.45, 2.75) is 3.92 Å². The third kappa shape index (κ3) is 2.30. The van der Waals surface area contributed by atoms with Crippen LogP contribution in [0.5, 0.6) is 0 Å². The molecule has 0 bridgehead atoms. The minimum absolute atomic E-state index is 0.0462. The number of carboxylic acid groups (broad SMARTS) is 1. The third-order valence-electron chi connectivity index (χ3n) is 1.70. The molecule has 0 amide bonds. The van der Waals surface area contributed by atoms with Crippen LogP contribution in [0.2, 0.25) is 0 Å². The van der Waals surface area contributed by atoms with Crippen LogP contribution in [0.1, 0.15) is 19.8 Å². The van der Waals surface area contributed by atoms with Gasteiger partial charge in [0, 0.05) is 0 Å². The summed E-state index contributed by atoms with van der Waals surface area (Å²) in [5, 5.41) is 8.87. The van der Waals surface area contributed by atoms with Gasteiger partial charge in [-0.25, -0.2) is 4.79 Å². The molecule has 1 unspecified atom stereocenters. The van der Waals surface area contributed by atoms with E-state index in [2.05, 4.69) is 29.2 Å². The maximum Gasteiger partial charge on any atom is 0.336 e. The van der Waals surface area contributed by atoms with Gasteiger partial charge in [0.05, 0.1) is 9.49 Å². The first-order valence-electron chi connectivity index (χ1n) is 3.75. The summed E-state index contributed by atoms with van der Waals surface area (Å²) in [4.78, 5) is 10.8. The van der Waals surface area contributed by atoms with Crippen molar-refractivity contribution in [1.82, 2.24) is 0 Å². The van der Waals surface area contributed by atoms with Gasteiger partial charge >= 0.3 is 5.97 Å². The molecule has 1 atom stereocenters. The topological polar surface area (TPSA) is 37.3 Å². The van der Waals surface area contributed by atoms with Gasteiger partial charge in [0.25, 0.3) is 0 Å². The molecule has 0 aliphatic carbocycles. The summed E-state index contributed by atoms with van der Waals surface area (Å²) in [6.45, 7) is 3.64. The Balaban J connectivity index is 3.19. The van der Waals surface area contributed by atoms with E-state index in [1.54, 1.807) is 18.2 Å². The lowest BCUT2D eigenvalue weighted by Crippen LogP contribution is -2.02. The van der Waals surface area contributed by atoms with Gasteiger partial charge in [0.15, 0.2) is 0 Å². The monoisotopic (exact) mass is 288 g/mol. The molecule has 0 saturated carbocycles. The number of hydrogen-bond donors (Lipinski definition) is 1. The summed E-state index contributed by atoms with van der Waals surface area (Å²) in [5.41, 5.74) is 1.15. The highest BCUT2D eigenvalue weighted by atomic mass is 127. The Hall–Kier alpha value is -0.840. The van der Waals surface area contributed by atoms with E-state index in [0.717, 1.165) is 5.56 Å². The van der Waals surface area contributed by atoms with E-state index < -0.39 is 5.97 Å². The number of halogens is 1. The maximum absolute atomic E-state index is 10.8. The number of carboxylic acids is 1. The second kappa shape index (κ2) is 4.41. The largest absolute Gasteiger partial charge is 0.478 e. The molecule has 68 valence electrons. The fourth-order valence-corrected chi connectivity index (χ4v) is 1.60. The van der Waals surface area contributed by atoms with E-state index in [1.165, 1.54) is 0 Å². The highest BCUT2D eigenvalue weighted by Crippen LogP contribution is 2.27. The van der Waals surface area contributed by atoms with Gasteiger partial charge in [0.1, 0.15) is 0 Å². The molecule has 0 spiro atoms. The van der Waals surface area contributed by atoms with E-state index in [-0.39, 0.29) is 3.92 Å². The van der Waals surface area contributed by atoms with Gasteiger partial charge < -0.3 is 5.11 Å². The number of rotatable bonds is 3. The zero-order chi connectivity index (χ0) is 9.84. The van der Waals surface area contributed by atoms with E-state index in [9.17, 15) is 4.79 Å². The Kier molecular flexibility index (Phi) is 3.48. The fourth-order valence-electron chi connectivity index (χ4n) is 1.06. The van der Waals surface area contributed by atoms with E-state index in [4.69, 9.17) is 5.11 Å². The quantitative estimate of drug-likeness (QED) is 0.527. The molecule has 1 rings (SSSR count). The van der Waals surface area contributed by atoms with Crippen LogP contribution in [0.4, 0.5) is 0 Å². The molecule has 0 aromatic heterocycles. The maximum atomic E-state index is 10.8. The second-order valence-electron chi connectivity index (χ2n) is 2.53.